The van der Waals surface area contributed by atoms with Crippen LogP contribution in [-0.4, -0.2) is 33.0 Å². The first-order valence-electron chi connectivity index (χ1n) is 10.0. The van der Waals surface area contributed by atoms with E-state index in [0.29, 0.717) is 39.0 Å². The first kappa shape index (κ1) is 20.2. The number of carbonyl (C=O) groups is 1. The molecule has 0 aliphatic carbocycles. The van der Waals surface area contributed by atoms with E-state index in [4.69, 9.17) is 9.15 Å². The second-order valence-corrected chi connectivity index (χ2v) is 7.28. The summed E-state index contributed by atoms with van der Waals surface area (Å²) in [5.74, 6) is 0.0377. The summed E-state index contributed by atoms with van der Waals surface area (Å²) >= 11 is 0. The van der Waals surface area contributed by atoms with E-state index < -0.39 is 11.4 Å². The van der Waals surface area contributed by atoms with Gasteiger partial charge in [0.2, 0.25) is 0 Å². The number of nitrogens with zero attached hydrogens (tertiary/aromatic N) is 3. The lowest BCUT2D eigenvalue weighted by molar-refractivity contribution is 0.104. The Balaban J connectivity index is 1.45. The van der Waals surface area contributed by atoms with E-state index in [-0.39, 0.29) is 11.3 Å². The first-order chi connectivity index (χ1) is 16.0. The van der Waals surface area contributed by atoms with Gasteiger partial charge < -0.3 is 14.3 Å². The van der Waals surface area contributed by atoms with Crippen molar-refractivity contribution in [3.8, 4) is 17.2 Å². The predicted octanol–water partition coefficient (Wildman–Crippen LogP) is 4.14. The second-order valence-electron chi connectivity index (χ2n) is 7.28. The van der Waals surface area contributed by atoms with Gasteiger partial charge in [0.05, 0.1) is 7.11 Å². The van der Waals surface area contributed by atoms with Crippen LogP contribution < -0.4 is 10.4 Å². The van der Waals surface area contributed by atoms with Crippen LogP contribution in [0.15, 0.2) is 82.0 Å². The molecule has 0 aliphatic heterocycles. The summed E-state index contributed by atoms with van der Waals surface area (Å²) in [5, 5.41) is 19.6. The van der Waals surface area contributed by atoms with Gasteiger partial charge in [-0.1, -0.05) is 24.3 Å². The van der Waals surface area contributed by atoms with Crippen LogP contribution in [0.25, 0.3) is 33.8 Å². The lowest BCUT2D eigenvalue weighted by atomic mass is 10.1. The highest BCUT2D eigenvalue weighted by Crippen LogP contribution is 2.24. The fourth-order valence-electron chi connectivity index (χ4n) is 3.42. The van der Waals surface area contributed by atoms with Crippen LogP contribution in [-0.2, 0) is 0 Å². The number of fused-ring (bicyclic) bond motifs is 2. The van der Waals surface area contributed by atoms with Gasteiger partial charge in [-0.3, -0.25) is 4.79 Å². The quantitative estimate of drug-likeness (QED) is 0.249. The maximum atomic E-state index is 12.7. The number of rotatable bonds is 5. The van der Waals surface area contributed by atoms with Crippen molar-refractivity contribution in [1.29, 1.82) is 0 Å². The van der Waals surface area contributed by atoms with E-state index >= 15 is 0 Å². The molecule has 2 aromatic heterocycles. The summed E-state index contributed by atoms with van der Waals surface area (Å²) in [6, 6.07) is 18.6. The van der Waals surface area contributed by atoms with Gasteiger partial charge >= 0.3 is 5.63 Å². The second kappa shape index (κ2) is 8.08. The summed E-state index contributed by atoms with van der Waals surface area (Å²) in [7, 11) is 1.52. The van der Waals surface area contributed by atoms with Crippen molar-refractivity contribution >= 4 is 33.9 Å². The molecule has 0 unspecified atom stereocenters. The van der Waals surface area contributed by atoms with Crippen molar-refractivity contribution in [2.75, 3.05) is 7.11 Å². The highest BCUT2D eigenvalue weighted by Gasteiger charge is 2.13. The third-order valence-corrected chi connectivity index (χ3v) is 5.14. The average Bonchev–Trinajstić information content (AvgIpc) is 3.26. The molecule has 0 saturated carbocycles. The van der Waals surface area contributed by atoms with Crippen molar-refractivity contribution in [2.45, 2.75) is 0 Å². The number of carbonyl (C=O) groups excluding carboxylic acids is 1. The monoisotopic (exact) mass is 439 g/mol. The molecule has 0 fully saturated rings. The zero-order valence-corrected chi connectivity index (χ0v) is 17.4. The Morgan fingerprint density at radius 2 is 1.79 bits per heavy atom. The number of allylic oxidation sites excluding steroid dienone is 1. The van der Waals surface area contributed by atoms with Crippen LogP contribution >= 0.6 is 0 Å². The SMILES string of the molecule is COc1ccc2cc(C(=O)/C=C/c3ccc(O)c(-n4nc5ccccc5n4)c3)c(=O)oc2c1. The minimum Gasteiger partial charge on any atom is -0.506 e. The number of methoxy groups -OCH3 is 1. The van der Waals surface area contributed by atoms with Crippen LogP contribution in [0.4, 0.5) is 0 Å². The Morgan fingerprint density at radius 3 is 2.52 bits per heavy atom. The molecule has 0 amide bonds. The Morgan fingerprint density at radius 1 is 1.03 bits per heavy atom. The van der Waals surface area contributed by atoms with Gasteiger partial charge in [0.1, 0.15) is 39.4 Å². The number of aromatic nitrogens is 3. The molecule has 33 heavy (non-hydrogen) atoms. The zero-order valence-electron chi connectivity index (χ0n) is 17.4. The topological polar surface area (TPSA) is 107 Å². The molecule has 1 N–H and O–H groups in total. The molecule has 162 valence electrons. The molecule has 0 spiro atoms. The molecule has 0 atom stereocenters. The number of hydrogen-bond acceptors (Lipinski definition) is 7. The standard InChI is InChI=1S/C25H17N3O5/c1-32-17-9-8-16-13-18(25(31)33-24(16)14-17)22(29)10-6-15-7-11-23(30)21(12-15)28-26-19-4-2-3-5-20(19)27-28/h2-14,30H,1H3/b10-6+. The van der Waals surface area contributed by atoms with Gasteiger partial charge in [-0.05, 0) is 54.1 Å². The van der Waals surface area contributed by atoms with E-state index in [1.165, 1.54) is 30.1 Å². The molecule has 8 heteroatoms. The van der Waals surface area contributed by atoms with Gasteiger partial charge in [-0.15, -0.1) is 15.0 Å². The van der Waals surface area contributed by atoms with Crippen LogP contribution in [0.2, 0.25) is 0 Å². The molecule has 5 aromatic rings. The predicted molar refractivity (Wildman–Crippen MR) is 123 cm³/mol. The molecular weight excluding hydrogens is 422 g/mol. The van der Waals surface area contributed by atoms with Crippen LogP contribution in [0.1, 0.15) is 15.9 Å². The molecule has 3 aromatic carbocycles. The van der Waals surface area contributed by atoms with E-state index in [1.807, 2.05) is 24.3 Å². The van der Waals surface area contributed by atoms with E-state index in [2.05, 4.69) is 10.2 Å². The Bertz CT molecular complexity index is 1580. The molecule has 0 bridgehead atoms. The number of ketones is 1. The lowest BCUT2D eigenvalue weighted by Gasteiger charge is -2.04. The number of aromatic hydroxyl groups is 1. The summed E-state index contributed by atoms with van der Waals surface area (Å²) in [6.45, 7) is 0. The van der Waals surface area contributed by atoms with Gasteiger partial charge in [-0.25, -0.2) is 4.79 Å². The highest BCUT2D eigenvalue weighted by molar-refractivity contribution is 6.07. The number of benzene rings is 3. The van der Waals surface area contributed by atoms with Crippen molar-refractivity contribution in [3.63, 3.8) is 0 Å². The zero-order chi connectivity index (χ0) is 22.9. The van der Waals surface area contributed by atoms with Crippen LogP contribution in [0.5, 0.6) is 11.5 Å². The maximum Gasteiger partial charge on any atom is 0.347 e. The van der Waals surface area contributed by atoms with Gasteiger partial charge in [0.15, 0.2) is 5.78 Å². The Kier molecular flexibility index (Phi) is 4.95. The summed E-state index contributed by atoms with van der Waals surface area (Å²) in [6.07, 6.45) is 2.83. The molecule has 0 radical (unpaired) electrons. The summed E-state index contributed by atoms with van der Waals surface area (Å²) in [5.41, 5.74) is 1.88. The molecule has 0 saturated heterocycles. The van der Waals surface area contributed by atoms with Gasteiger partial charge in [-0.2, -0.15) is 0 Å². The Labute approximate surface area is 187 Å². The van der Waals surface area contributed by atoms with Crippen molar-refractivity contribution in [3.05, 3.63) is 94.4 Å². The summed E-state index contributed by atoms with van der Waals surface area (Å²) in [4.78, 5) is 26.4. The summed E-state index contributed by atoms with van der Waals surface area (Å²) < 4.78 is 10.4. The number of hydrogen-bond donors (Lipinski definition) is 1. The molecule has 5 rings (SSSR count). The van der Waals surface area contributed by atoms with Crippen molar-refractivity contribution < 1.29 is 19.1 Å². The Hall–Kier alpha value is -4.72. The fourth-order valence-corrected chi connectivity index (χ4v) is 3.42. The van der Waals surface area contributed by atoms with E-state index in [9.17, 15) is 14.7 Å². The van der Waals surface area contributed by atoms with Crippen molar-refractivity contribution in [2.24, 2.45) is 0 Å². The van der Waals surface area contributed by atoms with E-state index in [0.717, 1.165) is 0 Å². The van der Waals surface area contributed by atoms with Gasteiger partial charge in [0.25, 0.3) is 0 Å². The number of ether oxygens (including phenoxy) is 1. The number of phenolic OH excluding ortho intramolecular Hbond substituents is 1. The first-order valence-corrected chi connectivity index (χ1v) is 10.0. The average molecular weight is 439 g/mol. The third-order valence-electron chi connectivity index (χ3n) is 5.14. The molecule has 8 nitrogen and oxygen atoms in total. The molecular formula is C25H17N3O5. The maximum absolute atomic E-state index is 12.7. The largest absolute Gasteiger partial charge is 0.506 e. The van der Waals surface area contributed by atoms with E-state index in [1.54, 1.807) is 36.4 Å². The lowest BCUT2D eigenvalue weighted by Crippen LogP contribution is -2.12. The fraction of sp³-hybridized carbons (Fsp3) is 0.0400. The molecule has 0 aliphatic rings. The third kappa shape index (κ3) is 3.85. The number of phenols is 1. The minimum atomic E-state index is -0.732. The highest BCUT2D eigenvalue weighted by atomic mass is 16.5. The van der Waals surface area contributed by atoms with Crippen LogP contribution in [0.3, 0.4) is 0 Å². The van der Waals surface area contributed by atoms with Gasteiger partial charge in [0, 0.05) is 11.5 Å². The smallest absolute Gasteiger partial charge is 0.347 e. The molecule has 2 heterocycles. The normalized spacial score (nSPS) is 11.4. The van der Waals surface area contributed by atoms with Crippen LogP contribution in [0, 0.1) is 0 Å². The van der Waals surface area contributed by atoms with Crippen molar-refractivity contribution in [1.82, 2.24) is 15.0 Å². The minimum absolute atomic E-state index is 0.00983.